The lowest BCUT2D eigenvalue weighted by Crippen LogP contribution is -2.30. The summed E-state index contributed by atoms with van der Waals surface area (Å²) in [6, 6.07) is 8.16. The zero-order chi connectivity index (χ0) is 16.1. The van der Waals surface area contributed by atoms with Crippen molar-refractivity contribution in [2.75, 3.05) is 0 Å². The lowest BCUT2D eigenvalue weighted by molar-refractivity contribution is 0.0640. The van der Waals surface area contributed by atoms with Crippen molar-refractivity contribution in [2.45, 2.75) is 13.5 Å². The van der Waals surface area contributed by atoms with Crippen molar-refractivity contribution in [1.29, 1.82) is 0 Å². The van der Waals surface area contributed by atoms with Crippen LogP contribution in [0.1, 0.15) is 32.1 Å². The van der Waals surface area contributed by atoms with Crippen LogP contribution in [0.3, 0.4) is 0 Å². The van der Waals surface area contributed by atoms with Gasteiger partial charge in [0.05, 0.1) is 23.4 Å². The van der Waals surface area contributed by atoms with Crippen LogP contribution < -0.4 is 5.56 Å². The zero-order valence-corrected chi connectivity index (χ0v) is 13.0. The van der Waals surface area contributed by atoms with Gasteiger partial charge in [-0.1, -0.05) is 12.1 Å². The summed E-state index contributed by atoms with van der Waals surface area (Å²) in [5.74, 6) is -0.670. The zero-order valence-electron chi connectivity index (χ0n) is 12.1. The Bertz CT molecular complexity index is 999. The number of benzene rings is 1. The highest BCUT2D eigenvalue weighted by Crippen LogP contribution is 2.25. The molecule has 1 aromatic carbocycles. The number of imide groups is 1. The smallest absolute Gasteiger partial charge is 0.261 e. The molecule has 6 nitrogen and oxygen atoms in total. The summed E-state index contributed by atoms with van der Waals surface area (Å²) in [6.07, 6.45) is 0. The van der Waals surface area contributed by atoms with E-state index in [1.165, 1.54) is 26.7 Å². The van der Waals surface area contributed by atoms with Gasteiger partial charge in [0.1, 0.15) is 0 Å². The Morgan fingerprint density at radius 1 is 1.09 bits per heavy atom. The van der Waals surface area contributed by atoms with Crippen LogP contribution in [0, 0.1) is 6.92 Å². The van der Waals surface area contributed by atoms with Crippen LogP contribution in [0.15, 0.2) is 40.5 Å². The maximum Gasteiger partial charge on any atom is 0.261 e. The van der Waals surface area contributed by atoms with E-state index in [1.54, 1.807) is 36.6 Å². The topological polar surface area (TPSA) is 71.8 Å². The molecule has 0 aliphatic carbocycles. The molecule has 3 heterocycles. The number of aromatic nitrogens is 2. The first-order valence-corrected chi connectivity index (χ1v) is 7.86. The van der Waals surface area contributed by atoms with Crippen LogP contribution >= 0.6 is 11.3 Å². The van der Waals surface area contributed by atoms with Gasteiger partial charge in [0.15, 0.2) is 4.96 Å². The molecule has 0 bridgehead atoms. The molecule has 0 fully saturated rings. The van der Waals surface area contributed by atoms with Gasteiger partial charge in [0, 0.05) is 17.1 Å². The number of rotatable bonds is 2. The van der Waals surface area contributed by atoms with Crippen LogP contribution in [0.25, 0.3) is 4.96 Å². The van der Waals surface area contributed by atoms with Crippen molar-refractivity contribution in [3.63, 3.8) is 0 Å². The average Bonchev–Trinajstić information content (AvgIpc) is 3.03. The molecule has 2 amide bonds. The quantitative estimate of drug-likeness (QED) is 0.674. The molecular formula is C16H11N3O3S. The number of amides is 2. The molecule has 114 valence electrons. The lowest BCUT2D eigenvalue weighted by atomic mass is 10.1. The van der Waals surface area contributed by atoms with Gasteiger partial charge in [-0.3, -0.25) is 23.7 Å². The Kier molecular flexibility index (Phi) is 2.92. The maximum atomic E-state index is 12.4. The molecule has 1 aliphatic rings. The second-order valence-corrected chi connectivity index (χ2v) is 6.16. The third-order valence-corrected chi connectivity index (χ3v) is 4.68. The summed E-state index contributed by atoms with van der Waals surface area (Å²) in [4.78, 5) is 43.0. The van der Waals surface area contributed by atoms with Gasteiger partial charge in [-0.25, -0.2) is 4.98 Å². The molecule has 0 saturated carbocycles. The van der Waals surface area contributed by atoms with Crippen LogP contribution in [-0.4, -0.2) is 26.1 Å². The van der Waals surface area contributed by atoms with E-state index in [9.17, 15) is 14.4 Å². The Morgan fingerprint density at radius 3 is 2.39 bits per heavy atom. The lowest BCUT2D eigenvalue weighted by Gasteiger charge is -2.13. The molecule has 23 heavy (non-hydrogen) atoms. The molecule has 7 heteroatoms. The van der Waals surface area contributed by atoms with Gasteiger partial charge in [-0.15, -0.1) is 11.3 Å². The van der Waals surface area contributed by atoms with Crippen LogP contribution in [0.5, 0.6) is 0 Å². The van der Waals surface area contributed by atoms with Gasteiger partial charge < -0.3 is 0 Å². The third kappa shape index (κ3) is 2.01. The number of nitrogens with zero attached hydrogens (tertiary/aromatic N) is 3. The molecule has 0 radical (unpaired) electrons. The molecule has 1 aliphatic heterocycles. The highest BCUT2D eigenvalue weighted by atomic mass is 32.1. The van der Waals surface area contributed by atoms with E-state index in [-0.39, 0.29) is 23.9 Å². The summed E-state index contributed by atoms with van der Waals surface area (Å²) >= 11 is 1.31. The first-order chi connectivity index (χ1) is 11.1. The fourth-order valence-electron chi connectivity index (χ4n) is 2.74. The predicted molar refractivity (Wildman–Crippen MR) is 84.7 cm³/mol. The number of carbonyl (C=O) groups excluding carboxylic acids is 2. The van der Waals surface area contributed by atoms with E-state index in [1.807, 2.05) is 0 Å². The molecule has 0 N–H and O–H groups in total. The molecular weight excluding hydrogens is 314 g/mol. The van der Waals surface area contributed by atoms with E-state index < -0.39 is 0 Å². The summed E-state index contributed by atoms with van der Waals surface area (Å²) in [5, 5.41) is 1.76. The third-order valence-electron chi connectivity index (χ3n) is 3.80. The normalized spacial score (nSPS) is 13.9. The summed E-state index contributed by atoms with van der Waals surface area (Å²) in [5.41, 5.74) is 1.82. The molecule has 0 spiro atoms. The van der Waals surface area contributed by atoms with Crippen LogP contribution in [-0.2, 0) is 6.54 Å². The van der Waals surface area contributed by atoms with Crippen molar-refractivity contribution in [1.82, 2.24) is 14.3 Å². The van der Waals surface area contributed by atoms with Crippen molar-refractivity contribution in [3.8, 4) is 0 Å². The number of fused-ring (bicyclic) bond motifs is 2. The van der Waals surface area contributed by atoms with E-state index in [0.29, 0.717) is 27.5 Å². The van der Waals surface area contributed by atoms with Crippen molar-refractivity contribution in [3.05, 3.63) is 68.6 Å². The van der Waals surface area contributed by atoms with Crippen molar-refractivity contribution in [2.24, 2.45) is 0 Å². The number of carbonyl (C=O) groups is 2. The van der Waals surface area contributed by atoms with E-state index in [2.05, 4.69) is 4.98 Å². The summed E-state index contributed by atoms with van der Waals surface area (Å²) in [6.45, 7) is 1.81. The maximum absolute atomic E-state index is 12.4. The highest BCUT2D eigenvalue weighted by Gasteiger charge is 2.35. The number of hydrogen-bond donors (Lipinski definition) is 0. The Morgan fingerprint density at radius 2 is 1.74 bits per heavy atom. The van der Waals surface area contributed by atoms with Crippen LogP contribution in [0.4, 0.5) is 0 Å². The fraction of sp³-hybridized carbons (Fsp3) is 0.125. The Hall–Kier alpha value is -2.80. The predicted octanol–water partition coefficient (Wildman–Crippen LogP) is 1.86. The monoisotopic (exact) mass is 325 g/mol. The largest absolute Gasteiger partial charge is 0.269 e. The molecule has 0 saturated heterocycles. The van der Waals surface area contributed by atoms with Gasteiger partial charge >= 0.3 is 0 Å². The average molecular weight is 325 g/mol. The summed E-state index contributed by atoms with van der Waals surface area (Å²) < 4.78 is 1.45. The van der Waals surface area contributed by atoms with Crippen molar-refractivity contribution < 1.29 is 9.59 Å². The van der Waals surface area contributed by atoms with E-state index in [4.69, 9.17) is 0 Å². The number of thiazole rings is 1. The minimum atomic E-state index is -0.335. The first kappa shape index (κ1) is 13.8. The minimum absolute atomic E-state index is 0.0526. The molecule has 0 unspecified atom stereocenters. The molecule has 4 rings (SSSR count). The van der Waals surface area contributed by atoms with Gasteiger partial charge in [0.2, 0.25) is 0 Å². The van der Waals surface area contributed by atoms with Gasteiger partial charge in [-0.05, 0) is 19.1 Å². The Labute approximate surface area is 134 Å². The first-order valence-electron chi connectivity index (χ1n) is 6.98. The van der Waals surface area contributed by atoms with Gasteiger partial charge in [0.25, 0.3) is 17.4 Å². The number of hydrogen-bond acceptors (Lipinski definition) is 5. The molecule has 3 aromatic rings. The number of aryl methyl sites for hydroxylation is 1. The second-order valence-electron chi connectivity index (χ2n) is 5.32. The SMILES string of the molecule is Cc1cc(=O)n2c(CN3C(=O)c4ccccc4C3=O)csc2n1. The van der Waals surface area contributed by atoms with E-state index >= 15 is 0 Å². The Balaban J connectivity index is 1.77. The summed E-state index contributed by atoms with van der Waals surface area (Å²) in [7, 11) is 0. The van der Waals surface area contributed by atoms with Gasteiger partial charge in [-0.2, -0.15) is 0 Å². The highest BCUT2D eigenvalue weighted by molar-refractivity contribution is 7.15. The standard InChI is InChI=1S/C16H11N3O3S/c1-9-6-13(20)19-10(8-23-16(19)17-9)7-18-14(21)11-4-2-3-5-12(11)15(18)22/h2-6,8H,7H2,1H3. The second kappa shape index (κ2) is 4.85. The van der Waals surface area contributed by atoms with E-state index in [0.717, 1.165) is 0 Å². The fourth-order valence-corrected chi connectivity index (χ4v) is 3.67. The van der Waals surface area contributed by atoms with Crippen molar-refractivity contribution >= 4 is 28.1 Å². The minimum Gasteiger partial charge on any atom is -0.269 e. The molecule has 2 aromatic heterocycles. The molecule has 0 atom stereocenters. The van der Waals surface area contributed by atoms with Crippen LogP contribution in [0.2, 0.25) is 0 Å².